The minimum Gasteiger partial charge on any atom is -0.376 e. The summed E-state index contributed by atoms with van der Waals surface area (Å²) in [6.45, 7) is 15.8. The van der Waals surface area contributed by atoms with Crippen LogP contribution in [0.4, 0.5) is 45.5 Å². The molecule has 2 aliphatic heterocycles. The van der Waals surface area contributed by atoms with E-state index in [1.807, 2.05) is 11.3 Å². The molecule has 0 radical (unpaired) electrons. The molecular weight excluding hydrogens is 986 g/mol. The van der Waals surface area contributed by atoms with Gasteiger partial charge in [0.05, 0.1) is 0 Å². The van der Waals surface area contributed by atoms with Gasteiger partial charge in [0.25, 0.3) is 0 Å². The van der Waals surface area contributed by atoms with Gasteiger partial charge in [0, 0.05) is 76.8 Å². The second-order valence-corrected chi connectivity index (χ2v) is 24.9. The van der Waals surface area contributed by atoms with Gasteiger partial charge in [0.15, 0.2) is 0 Å². The zero-order valence-corrected chi connectivity index (χ0v) is 47.3. The topological polar surface area (TPSA) is 9.72 Å². The minimum absolute atomic E-state index is 0.0138. The quantitative estimate of drug-likeness (QED) is 0.140. The molecule has 0 spiro atoms. The number of fused-ring (bicyclic) bond motifs is 8. The fraction of sp³-hybridized carbons (Fsp3) is 0.120. The van der Waals surface area contributed by atoms with Crippen molar-refractivity contribution in [3.05, 3.63) is 265 Å². The van der Waals surface area contributed by atoms with Crippen LogP contribution in [0.5, 0.6) is 0 Å². The van der Waals surface area contributed by atoms with E-state index in [0.717, 1.165) is 28.4 Å². The Labute approximate surface area is 475 Å². The van der Waals surface area contributed by atoms with E-state index in [2.05, 4.69) is 312 Å². The molecule has 0 aliphatic carbocycles. The maximum atomic E-state index is 2.68. The van der Waals surface area contributed by atoms with Crippen molar-refractivity contribution in [1.82, 2.24) is 0 Å². The summed E-state index contributed by atoms with van der Waals surface area (Å²) in [5, 5.41) is 2.56. The van der Waals surface area contributed by atoms with Crippen LogP contribution in [0.15, 0.2) is 249 Å². The molecule has 11 aromatic carbocycles. The van der Waals surface area contributed by atoms with Crippen molar-refractivity contribution in [1.29, 1.82) is 0 Å². The fourth-order valence-electron chi connectivity index (χ4n) is 12.5. The summed E-state index contributed by atoms with van der Waals surface area (Å²) in [6.07, 6.45) is 0. The van der Waals surface area contributed by atoms with E-state index in [9.17, 15) is 0 Å². The van der Waals surface area contributed by atoms with Gasteiger partial charge >= 0.3 is 6.85 Å². The first kappa shape index (κ1) is 49.4. The summed E-state index contributed by atoms with van der Waals surface area (Å²) in [5.41, 5.74) is 25.3. The molecule has 0 bridgehead atoms. The van der Waals surface area contributed by atoms with Crippen molar-refractivity contribution >= 4 is 94.8 Å². The highest BCUT2D eigenvalue weighted by atomic mass is 32.1. The normalized spacial score (nSPS) is 12.9. The highest BCUT2D eigenvalue weighted by molar-refractivity contribution is 7.26. The second kappa shape index (κ2) is 19.2. The average molecular weight is 1050 g/mol. The molecule has 3 nitrogen and oxygen atoms in total. The molecule has 3 heterocycles. The lowest BCUT2D eigenvalue weighted by atomic mass is 9.43. The Bertz CT molecular complexity index is 4250. The maximum absolute atomic E-state index is 2.68. The molecule has 0 saturated heterocycles. The SMILES string of the molecule is Cc1ccc(-c2ccccc2)cc1N1c2ccc(-c3ccccc3)cc2B2c3c1cc1c(sc4ccccc41)c3-c1ccc(N(c3ccc(C(C)(C)C)cc3)c3ccc(C(C)(C)C)cc3)cc1N2c1ccc(-c2ccccc2)cc1. The van der Waals surface area contributed by atoms with Crippen LogP contribution in [0.2, 0.25) is 0 Å². The first-order chi connectivity index (χ1) is 38.9. The van der Waals surface area contributed by atoms with Crippen LogP contribution in [0.25, 0.3) is 64.7 Å². The monoisotopic (exact) mass is 1050 g/mol. The lowest BCUT2D eigenvalue weighted by Gasteiger charge is -2.46. The van der Waals surface area contributed by atoms with Gasteiger partial charge in [-0.2, -0.15) is 0 Å². The van der Waals surface area contributed by atoms with Crippen LogP contribution in [0.3, 0.4) is 0 Å². The van der Waals surface area contributed by atoms with E-state index < -0.39 is 0 Å². The van der Waals surface area contributed by atoms with E-state index in [4.69, 9.17) is 0 Å². The molecule has 2 aliphatic rings. The summed E-state index contributed by atoms with van der Waals surface area (Å²) in [5.74, 6) is 0. The number of rotatable bonds is 8. The van der Waals surface area contributed by atoms with Crippen LogP contribution < -0.4 is 25.5 Å². The number of anilines is 8. The van der Waals surface area contributed by atoms with Crippen molar-refractivity contribution in [2.24, 2.45) is 0 Å². The standard InChI is InChI=1S/C75H62BN3S/c1-49-27-28-55(52-23-15-10-16-24-52)46-67(49)78-66-44-31-54(51-21-13-9-14-22-51)45-65(66)76-72-69(78)48-64-62-25-17-18-26-70(62)80-73(64)71(72)63-43-42-61(47-68(63)79(76)60-36-29-53(30-37-60)50-19-11-8-12-20-50)77(58-38-32-56(33-39-58)74(2,3)4)59-40-34-57(35-41-59)75(5,6)7/h8-48H,1-7H3. The van der Waals surface area contributed by atoms with Gasteiger partial charge in [0.2, 0.25) is 0 Å². The molecule has 80 heavy (non-hydrogen) atoms. The smallest absolute Gasteiger partial charge is 0.333 e. The van der Waals surface area contributed by atoms with Crippen LogP contribution in [0, 0.1) is 6.92 Å². The van der Waals surface area contributed by atoms with E-state index in [0.29, 0.717) is 0 Å². The third-order valence-corrected chi connectivity index (χ3v) is 17.9. The highest BCUT2D eigenvalue weighted by Crippen LogP contribution is 2.54. The molecule has 0 N–H and O–H groups in total. The summed E-state index contributed by atoms with van der Waals surface area (Å²) < 4.78 is 2.60. The molecule has 1 aromatic heterocycles. The van der Waals surface area contributed by atoms with Gasteiger partial charge in [0.1, 0.15) is 0 Å². The zero-order chi connectivity index (χ0) is 54.4. The Morgan fingerprint density at radius 1 is 0.400 bits per heavy atom. The van der Waals surface area contributed by atoms with Crippen molar-refractivity contribution in [2.75, 3.05) is 14.6 Å². The van der Waals surface area contributed by atoms with Crippen molar-refractivity contribution in [3.8, 4) is 44.5 Å². The molecule has 0 fully saturated rings. The fourth-order valence-corrected chi connectivity index (χ4v) is 13.7. The summed E-state index contributed by atoms with van der Waals surface area (Å²) >= 11 is 1.93. The van der Waals surface area contributed by atoms with Crippen LogP contribution in [0.1, 0.15) is 58.2 Å². The van der Waals surface area contributed by atoms with Crippen LogP contribution >= 0.6 is 11.3 Å². The van der Waals surface area contributed by atoms with Crippen molar-refractivity contribution in [3.63, 3.8) is 0 Å². The number of nitrogens with zero attached hydrogens (tertiary/aromatic N) is 3. The Kier molecular flexibility index (Phi) is 11.8. The summed E-state index contributed by atoms with van der Waals surface area (Å²) in [4.78, 5) is 7.75. The molecule has 0 atom stereocenters. The minimum atomic E-state index is -0.224. The number of hydrogen-bond donors (Lipinski definition) is 0. The molecule has 0 amide bonds. The van der Waals surface area contributed by atoms with Crippen LogP contribution in [-0.2, 0) is 10.8 Å². The first-order valence-corrected chi connectivity index (χ1v) is 28.9. The number of aryl methyl sites for hydroxylation is 1. The lowest BCUT2D eigenvalue weighted by molar-refractivity contribution is 0.590. The molecule has 0 saturated carbocycles. The highest BCUT2D eigenvalue weighted by Gasteiger charge is 2.47. The Hall–Kier alpha value is -8.90. The van der Waals surface area contributed by atoms with E-state index in [1.165, 1.54) is 109 Å². The Morgan fingerprint density at radius 2 is 0.912 bits per heavy atom. The average Bonchev–Trinajstić information content (AvgIpc) is 4.02. The maximum Gasteiger partial charge on any atom is 0.333 e. The third kappa shape index (κ3) is 8.42. The molecule has 5 heteroatoms. The van der Waals surface area contributed by atoms with Gasteiger partial charge < -0.3 is 14.6 Å². The third-order valence-electron chi connectivity index (χ3n) is 16.7. The summed E-state index contributed by atoms with van der Waals surface area (Å²) in [6, 6.07) is 93.4. The molecule has 0 unspecified atom stereocenters. The summed E-state index contributed by atoms with van der Waals surface area (Å²) in [7, 11) is 0. The van der Waals surface area contributed by atoms with Crippen molar-refractivity contribution in [2.45, 2.75) is 59.3 Å². The van der Waals surface area contributed by atoms with E-state index in [1.54, 1.807) is 0 Å². The van der Waals surface area contributed by atoms with Gasteiger partial charge in [-0.15, -0.1) is 11.3 Å². The van der Waals surface area contributed by atoms with Gasteiger partial charge in [-0.05, 0) is 152 Å². The molecule has 12 aromatic rings. The number of hydrogen-bond acceptors (Lipinski definition) is 4. The zero-order valence-electron chi connectivity index (χ0n) is 46.5. The van der Waals surface area contributed by atoms with E-state index >= 15 is 0 Å². The first-order valence-electron chi connectivity index (χ1n) is 28.1. The number of thiophene rings is 1. The Balaban J connectivity index is 1.09. The predicted octanol–water partition coefficient (Wildman–Crippen LogP) is 20.1. The van der Waals surface area contributed by atoms with Crippen molar-refractivity contribution < 1.29 is 0 Å². The predicted molar refractivity (Wildman–Crippen MR) is 346 cm³/mol. The van der Waals surface area contributed by atoms with Crippen LogP contribution in [-0.4, -0.2) is 6.85 Å². The van der Waals surface area contributed by atoms with E-state index in [-0.39, 0.29) is 17.7 Å². The molecule has 14 rings (SSSR count). The molecule has 386 valence electrons. The Morgan fingerprint density at radius 3 is 1.51 bits per heavy atom. The second-order valence-electron chi connectivity index (χ2n) is 23.8. The number of benzene rings is 11. The molecular formula is C75H62BN3S. The van der Waals surface area contributed by atoms with Gasteiger partial charge in [-0.1, -0.05) is 217 Å². The van der Waals surface area contributed by atoms with Gasteiger partial charge in [-0.25, -0.2) is 0 Å². The lowest BCUT2D eigenvalue weighted by Crippen LogP contribution is -2.61. The largest absolute Gasteiger partial charge is 0.376 e. The van der Waals surface area contributed by atoms with Gasteiger partial charge in [-0.3, -0.25) is 0 Å².